The van der Waals surface area contributed by atoms with Crippen molar-refractivity contribution < 1.29 is 4.79 Å². The number of likely N-dealkylation sites (tertiary alicyclic amines) is 1. The lowest BCUT2D eigenvalue weighted by Crippen LogP contribution is -2.43. The number of benzene rings is 1. The third-order valence-electron chi connectivity index (χ3n) is 4.04. The van der Waals surface area contributed by atoms with Gasteiger partial charge in [0.05, 0.1) is 17.4 Å². The first kappa shape index (κ1) is 16.5. The van der Waals surface area contributed by atoms with E-state index >= 15 is 0 Å². The van der Waals surface area contributed by atoms with E-state index in [9.17, 15) is 4.79 Å². The van der Waals surface area contributed by atoms with Crippen molar-refractivity contribution in [3.8, 4) is 5.69 Å². The van der Waals surface area contributed by atoms with Gasteiger partial charge in [-0.2, -0.15) is 5.10 Å². The van der Waals surface area contributed by atoms with Crippen LogP contribution in [0.2, 0.25) is 0 Å². The summed E-state index contributed by atoms with van der Waals surface area (Å²) in [6.45, 7) is 1.61. The molecule has 1 amide bonds. The lowest BCUT2D eigenvalue weighted by molar-refractivity contribution is 0.0707. The first-order valence-electron chi connectivity index (χ1n) is 7.34. The summed E-state index contributed by atoms with van der Waals surface area (Å²) in [5.41, 5.74) is 1.62. The molecule has 0 unspecified atom stereocenters. The molecule has 5 nitrogen and oxygen atoms in total. The van der Waals surface area contributed by atoms with Crippen LogP contribution in [0.1, 0.15) is 23.2 Å². The highest BCUT2D eigenvalue weighted by atomic mass is 35.5. The monoisotopic (exact) mass is 320 g/mol. The van der Waals surface area contributed by atoms with E-state index in [2.05, 4.69) is 10.4 Å². The second kappa shape index (κ2) is 7.42. The molecule has 0 bridgehead atoms. The van der Waals surface area contributed by atoms with Crippen molar-refractivity contribution in [3.63, 3.8) is 0 Å². The number of nitrogens with zero attached hydrogens (tertiary/aromatic N) is 3. The maximum Gasteiger partial charge on any atom is 0.257 e. The molecular formula is C16H21ClN4O. The summed E-state index contributed by atoms with van der Waals surface area (Å²) in [7, 11) is 1.98. The number of nitrogens with one attached hydrogen (secondary N) is 1. The van der Waals surface area contributed by atoms with Crippen molar-refractivity contribution >= 4 is 18.3 Å². The molecule has 0 radical (unpaired) electrons. The summed E-state index contributed by atoms with van der Waals surface area (Å²) in [6.07, 6.45) is 5.48. The molecule has 1 N–H and O–H groups in total. The van der Waals surface area contributed by atoms with Gasteiger partial charge in [0.2, 0.25) is 0 Å². The smallest absolute Gasteiger partial charge is 0.257 e. The lowest BCUT2D eigenvalue weighted by atomic mass is 10.0. The zero-order valence-electron chi connectivity index (χ0n) is 12.6. The average Bonchev–Trinajstić information content (AvgIpc) is 3.05. The van der Waals surface area contributed by atoms with Crippen LogP contribution in [0.3, 0.4) is 0 Å². The van der Waals surface area contributed by atoms with E-state index in [-0.39, 0.29) is 18.3 Å². The van der Waals surface area contributed by atoms with Crippen LogP contribution in [0.15, 0.2) is 42.7 Å². The Morgan fingerprint density at radius 1 is 1.23 bits per heavy atom. The molecule has 1 aliphatic rings. The van der Waals surface area contributed by atoms with Gasteiger partial charge in [-0.15, -0.1) is 12.4 Å². The summed E-state index contributed by atoms with van der Waals surface area (Å²) >= 11 is 0. The maximum atomic E-state index is 12.5. The van der Waals surface area contributed by atoms with E-state index < -0.39 is 0 Å². The second-order valence-electron chi connectivity index (χ2n) is 5.36. The molecule has 2 heterocycles. The van der Waals surface area contributed by atoms with Gasteiger partial charge in [-0.05, 0) is 32.0 Å². The molecule has 1 aliphatic heterocycles. The summed E-state index contributed by atoms with van der Waals surface area (Å²) in [5, 5.41) is 7.56. The fourth-order valence-electron chi connectivity index (χ4n) is 2.71. The Kier molecular flexibility index (Phi) is 5.57. The molecular weight excluding hydrogens is 300 g/mol. The molecule has 118 valence electrons. The quantitative estimate of drug-likeness (QED) is 0.942. The van der Waals surface area contributed by atoms with E-state index in [4.69, 9.17) is 0 Å². The first-order valence-corrected chi connectivity index (χ1v) is 7.34. The average molecular weight is 321 g/mol. The number of aromatic nitrogens is 2. The molecule has 0 spiro atoms. The number of carbonyl (C=O) groups excluding carboxylic acids is 1. The van der Waals surface area contributed by atoms with E-state index in [0.29, 0.717) is 11.6 Å². The van der Waals surface area contributed by atoms with Crippen molar-refractivity contribution in [2.24, 2.45) is 0 Å². The highest BCUT2D eigenvalue weighted by Crippen LogP contribution is 2.14. The topological polar surface area (TPSA) is 50.2 Å². The summed E-state index contributed by atoms with van der Waals surface area (Å²) in [6, 6.07) is 10.4. The molecule has 0 atom stereocenters. The molecule has 1 aromatic carbocycles. The number of hydrogen-bond acceptors (Lipinski definition) is 3. The van der Waals surface area contributed by atoms with E-state index in [0.717, 1.165) is 31.6 Å². The predicted octanol–water partition coefficient (Wildman–Crippen LogP) is 2.12. The number of piperidine rings is 1. The van der Waals surface area contributed by atoms with Crippen molar-refractivity contribution in [2.75, 3.05) is 20.1 Å². The van der Waals surface area contributed by atoms with Gasteiger partial charge in [-0.25, -0.2) is 4.68 Å². The minimum absolute atomic E-state index is 0. The lowest BCUT2D eigenvalue weighted by Gasteiger charge is -2.31. The first-order chi connectivity index (χ1) is 10.3. The molecule has 22 heavy (non-hydrogen) atoms. The highest BCUT2D eigenvalue weighted by Gasteiger charge is 2.23. The van der Waals surface area contributed by atoms with Crippen LogP contribution < -0.4 is 5.32 Å². The van der Waals surface area contributed by atoms with Gasteiger partial charge in [-0.3, -0.25) is 4.79 Å². The standard InChI is InChI=1S/C16H20N4O.ClH/c1-17-14-7-9-19(10-8-14)16(21)13-11-18-20(12-13)15-5-3-2-4-6-15;/h2-6,11-12,14,17H,7-10H2,1H3;1H. The van der Waals surface area contributed by atoms with Gasteiger partial charge >= 0.3 is 0 Å². The Morgan fingerprint density at radius 2 is 1.91 bits per heavy atom. The van der Waals surface area contributed by atoms with Crippen LogP contribution in [-0.2, 0) is 0 Å². The van der Waals surface area contributed by atoms with Crippen LogP contribution in [0.25, 0.3) is 5.69 Å². The van der Waals surface area contributed by atoms with Gasteiger partial charge in [0, 0.05) is 25.3 Å². The molecule has 0 saturated carbocycles. The largest absolute Gasteiger partial charge is 0.338 e. The Labute approximate surface area is 136 Å². The van der Waals surface area contributed by atoms with Gasteiger partial charge in [0.15, 0.2) is 0 Å². The molecule has 1 fully saturated rings. The number of amides is 1. The number of halogens is 1. The Balaban J connectivity index is 0.00000176. The molecule has 1 aromatic heterocycles. The SMILES string of the molecule is CNC1CCN(C(=O)c2cnn(-c3ccccc3)c2)CC1.Cl. The molecule has 0 aliphatic carbocycles. The van der Waals surface area contributed by atoms with E-state index in [1.807, 2.05) is 48.5 Å². The zero-order valence-corrected chi connectivity index (χ0v) is 13.4. The molecule has 2 aromatic rings. The number of rotatable bonds is 3. The maximum absolute atomic E-state index is 12.5. The Hall–Kier alpha value is -1.85. The summed E-state index contributed by atoms with van der Waals surface area (Å²) < 4.78 is 1.74. The normalized spacial score (nSPS) is 15.4. The van der Waals surface area contributed by atoms with Crippen molar-refractivity contribution in [1.82, 2.24) is 20.0 Å². The Bertz CT molecular complexity index is 606. The number of hydrogen-bond donors (Lipinski definition) is 1. The molecule has 6 heteroatoms. The van der Waals surface area contributed by atoms with Crippen LogP contribution in [0, 0.1) is 0 Å². The van der Waals surface area contributed by atoms with Gasteiger partial charge in [0.25, 0.3) is 5.91 Å². The third kappa shape index (κ3) is 3.48. The van der Waals surface area contributed by atoms with Crippen molar-refractivity contribution in [2.45, 2.75) is 18.9 Å². The molecule has 1 saturated heterocycles. The Morgan fingerprint density at radius 3 is 2.55 bits per heavy atom. The zero-order chi connectivity index (χ0) is 14.7. The summed E-state index contributed by atoms with van der Waals surface area (Å²) in [4.78, 5) is 14.4. The van der Waals surface area contributed by atoms with Crippen molar-refractivity contribution in [1.29, 1.82) is 0 Å². The number of para-hydroxylation sites is 1. The minimum atomic E-state index is 0. The second-order valence-corrected chi connectivity index (χ2v) is 5.36. The minimum Gasteiger partial charge on any atom is -0.338 e. The van der Waals surface area contributed by atoms with Crippen LogP contribution in [0.5, 0.6) is 0 Å². The summed E-state index contributed by atoms with van der Waals surface area (Å²) in [5.74, 6) is 0.0757. The fraction of sp³-hybridized carbons (Fsp3) is 0.375. The van der Waals surface area contributed by atoms with Gasteiger partial charge in [0.1, 0.15) is 0 Å². The highest BCUT2D eigenvalue weighted by molar-refractivity contribution is 5.93. The van der Waals surface area contributed by atoms with E-state index in [1.165, 1.54) is 0 Å². The number of carbonyl (C=O) groups is 1. The molecule has 3 rings (SSSR count). The van der Waals surface area contributed by atoms with Gasteiger partial charge < -0.3 is 10.2 Å². The van der Waals surface area contributed by atoms with Gasteiger partial charge in [-0.1, -0.05) is 18.2 Å². The van der Waals surface area contributed by atoms with E-state index in [1.54, 1.807) is 10.9 Å². The van der Waals surface area contributed by atoms with Crippen LogP contribution in [0.4, 0.5) is 0 Å². The van der Waals surface area contributed by atoms with Crippen LogP contribution in [-0.4, -0.2) is 46.8 Å². The fourth-order valence-corrected chi connectivity index (χ4v) is 2.71. The predicted molar refractivity (Wildman–Crippen MR) is 88.8 cm³/mol. The van der Waals surface area contributed by atoms with Crippen LogP contribution >= 0.6 is 12.4 Å². The van der Waals surface area contributed by atoms with Crippen molar-refractivity contribution in [3.05, 3.63) is 48.3 Å². The third-order valence-corrected chi connectivity index (χ3v) is 4.04.